The van der Waals surface area contributed by atoms with Gasteiger partial charge in [0.1, 0.15) is 12.4 Å². The Morgan fingerprint density at radius 1 is 1.10 bits per heavy atom. The number of nitrogens with zero attached hydrogens (tertiary/aromatic N) is 3. The number of hydrogen-bond acceptors (Lipinski definition) is 5. The number of allylic oxidation sites excluding steroid dienone is 1. The van der Waals surface area contributed by atoms with Gasteiger partial charge in [0.25, 0.3) is 0 Å². The molecule has 0 radical (unpaired) electrons. The van der Waals surface area contributed by atoms with Crippen molar-refractivity contribution < 1.29 is 13.9 Å². The maximum atomic E-state index is 13.8. The lowest BCUT2D eigenvalue weighted by Gasteiger charge is -2.14. The minimum Gasteiger partial charge on any atom is -0.491 e. The first-order valence-corrected chi connectivity index (χ1v) is 10.3. The normalized spacial score (nSPS) is 10.9. The Labute approximate surface area is 174 Å². The first-order valence-electron chi connectivity index (χ1n) is 9.36. The summed E-state index contributed by atoms with van der Waals surface area (Å²) in [6.45, 7) is 8.48. The van der Waals surface area contributed by atoms with Crippen LogP contribution >= 0.6 is 11.8 Å². The summed E-state index contributed by atoms with van der Waals surface area (Å²) < 4.78 is 27.2. The van der Waals surface area contributed by atoms with E-state index in [-0.39, 0.29) is 18.5 Å². The van der Waals surface area contributed by atoms with Crippen molar-refractivity contribution in [1.82, 2.24) is 14.8 Å². The quantitative estimate of drug-likeness (QED) is 0.335. The molecule has 0 fully saturated rings. The SMILES string of the molecule is C=CCn1c(COc2ccccc2F)nnc1SCc1ccccc1OC(C)C. The molecule has 7 heteroatoms. The molecule has 2 aromatic carbocycles. The van der Waals surface area contributed by atoms with E-state index >= 15 is 0 Å². The summed E-state index contributed by atoms with van der Waals surface area (Å²) in [5.41, 5.74) is 1.09. The molecule has 1 heterocycles. The van der Waals surface area contributed by atoms with Gasteiger partial charge in [-0.15, -0.1) is 16.8 Å². The summed E-state index contributed by atoms with van der Waals surface area (Å²) in [5, 5.41) is 9.26. The number of hydrogen-bond donors (Lipinski definition) is 0. The minimum atomic E-state index is -0.404. The highest BCUT2D eigenvalue weighted by atomic mass is 32.2. The van der Waals surface area contributed by atoms with E-state index in [2.05, 4.69) is 16.8 Å². The van der Waals surface area contributed by atoms with Gasteiger partial charge in [-0.25, -0.2) is 4.39 Å². The Hall–Kier alpha value is -2.80. The second-order valence-corrected chi connectivity index (χ2v) is 7.52. The highest BCUT2D eigenvalue weighted by Crippen LogP contribution is 2.28. The molecular formula is C22H24FN3O2S. The fraction of sp³-hybridized carbons (Fsp3) is 0.273. The van der Waals surface area contributed by atoms with Crippen LogP contribution in [0.4, 0.5) is 4.39 Å². The van der Waals surface area contributed by atoms with Crippen LogP contribution in [-0.2, 0) is 18.9 Å². The lowest BCUT2D eigenvalue weighted by atomic mass is 10.2. The van der Waals surface area contributed by atoms with E-state index in [1.54, 1.807) is 36.0 Å². The van der Waals surface area contributed by atoms with Crippen LogP contribution in [0.3, 0.4) is 0 Å². The number of ether oxygens (including phenoxy) is 2. The smallest absolute Gasteiger partial charge is 0.191 e. The van der Waals surface area contributed by atoms with E-state index in [0.717, 1.165) is 16.5 Å². The van der Waals surface area contributed by atoms with Crippen molar-refractivity contribution >= 4 is 11.8 Å². The molecule has 0 N–H and O–H groups in total. The van der Waals surface area contributed by atoms with Crippen molar-refractivity contribution in [3.05, 3.63) is 78.4 Å². The third kappa shape index (κ3) is 5.60. The van der Waals surface area contributed by atoms with E-state index in [9.17, 15) is 4.39 Å². The van der Waals surface area contributed by atoms with Gasteiger partial charge in [0.15, 0.2) is 22.5 Å². The third-order valence-corrected chi connectivity index (χ3v) is 5.01. The molecule has 3 rings (SSSR count). The molecule has 29 heavy (non-hydrogen) atoms. The summed E-state index contributed by atoms with van der Waals surface area (Å²) >= 11 is 1.56. The summed E-state index contributed by atoms with van der Waals surface area (Å²) in [6, 6.07) is 14.3. The molecule has 5 nitrogen and oxygen atoms in total. The largest absolute Gasteiger partial charge is 0.491 e. The predicted octanol–water partition coefficient (Wildman–Crippen LogP) is 5.26. The molecule has 152 valence electrons. The van der Waals surface area contributed by atoms with Crippen molar-refractivity contribution in [2.24, 2.45) is 0 Å². The Morgan fingerprint density at radius 3 is 2.55 bits per heavy atom. The fourth-order valence-electron chi connectivity index (χ4n) is 2.68. The Morgan fingerprint density at radius 2 is 1.83 bits per heavy atom. The standard InChI is InChI=1S/C22H24FN3O2S/c1-4-13-26-21(14-27-20-12-8-6-10-18(20)23)24-25-22(26)29-15-17-9-5-7-11-19(17)28-16(2)3/h4-12,16H,1,13-15H2,2-3H3. The summed E-state index contributed by atoms with van der Waals surface area (Å²) in [7, 11) is 0. The van der Waals surface area contributed by atoms with Crippen LogP contribution in [-0.4, -0.2) is 20.9 Å². The Kier molecular flexibility index (Phi) is 7.30. The van der Waals surface area contributed by atoms with Crippen LogP contribution in [0.2, 0.25) is 0 Å². The van der Waals surface area contributed by atoms with Crippen molar-refractivity contribution in [2.45, 2.75) is 44.0 Å². The van der Waals surface area contributed by atoms with E-state index in [1.807, 2.05) is 42.7 Å². The third-order valence-electron chi connectivity index (χ3n) is 3.99. The molecule has 0 saturated carbocycles. The zero-order valence-corrected chi connectivity index (χ0v) is 17.4. The molecule has 0 aliphatic rings. The maximum absolute atomic E-state index is 13.8. The van der Waals surface area contributed by atoms with Crippen molar-refractivity contribution in [3.63, 3.8) is 0 Å². The van der Waals surface area contributed by atoms with Crippen LogP contribution in [0.15, 0.2) is 66.3 Å². The average Bonchev–Trinajstić information content (AvgIpc) is 3.08. The molecule has 0 saturated heterocycles. The van der Waals surface area contributed by atoms with Gasteiger partial charge >= 0.3 is 0 Å². The van der Waals surface area contributed by atoms with Crippen LogP contribution in [0.1, 0.15) is 25.2 Å². The molecular weight excluding hydrogens is 389 g/mol. The zero-order valence-electron chi connectivity index (χ0n) is 16.5. The van der Waals surface area contributed by atoms with Crippen LogP contribution in [0.5, 0.6) is 11.5 Å². The number of halogens is 1. The molecule has 0 unspecified atom stereocenters. The van der Waals surface area contributed by atoms with Crippen molar-refractivity contribution in [1.29, 1.82) is 0 Å². The van der Waals surface area contributed by atoms with E-state index < -0.39 is 5.82 Å². The van der Waals surface area contributed by atoms with Crippen LogP contribution in [0, 0.1) is 5.82 Å². The number of para-hydroxylation sites is 2. The van der Waals surface area contributed by atoms with Crippen molar-refractivity contribution in [3.8, 4) is 11.5 Å². The molecule has 0 atom stereocenters. The number of aromatic nitrogens is 3. The molecule has 0 spiro atoms. The first-order chi connectivity index (χ1) is 14.1. The van der Waals surface area contributed by atoms with Gasteiger partial charge in [-0.3, -0.25) is 4.57 Å². The number of thioether (sulfide) groups is 1. The molecule has 0 amide bonds. The summed E-state index contributed by atoms with van der Waals surface area (Å²) in [5.74, 6) is 1.95. The summed E-state index contributed by atoms with van der Waals surface area (Å²) in [6.07, 6.45) is 1.88. The number of rotatable bonds is 10. The van der Waals surface area contributed by atoms with Gasteiger partial charge in [-0.2, -0.15) is 0 Å². The molecule has 0 bridgehead atoms. The fourth-order valence-corrected chi connectivity index (χ4v) is 3.64. The average molecular weight is 414 g/mol. The second-order valence-electron chi connectivity index (χ2n) is 6.58. The predicted molar refractivity (Wildman–Crippen MR) is 113 cm³/mol. The Bertz CT molecular complexity index is 959. The van der Waals surface area contributed by atoms with Crippen LogP contribution in [0.25, 0.3) is 0 Å². The first kappa shape index (κ1) is 20.9. The zero-order chi connectivity index (χ0) is 20.6. The lowest BCUT2D eigenvalue weighted by Crippen LogP contribution is -2.08. The number of benzene rings is 2. The topological polar surface area (TPSA) is 49.2 Å². The van der Waals surface area contributed by atoms with Gasteiger partial charge in [0, 0.05) is 17.9 Å². The van der Waals surface area contributed by atoms with Gasteiger partial charge in [-0.05, 0) is 32.0 Å². The molecule has 0 aliphatic heterocycles. The maximum Gasteiger partial charge on any atom is 0.191 e. The van der Waals surface area contributed by atoms with E-state index in [0.29, 0.717) is 18.1 Å². The second kappa shape index (κ2) is 10.1. The minimum absolute atomic E-state index is 0.104. The van der Waals surface area contributed by atoms with E-state index in [1.165, 1.54) is 6.07 Å². The lowest BCUT2D eigenvalue weighted by molar-refractivity contribution is 0.240. The Balaban J connectivity index is 1.72. The summed E-state index contributed by atoms with van der Waals surface area (Å²) in [4.78, 5) is 0. The van der Waals surface area contributed by atoms with Gasteiger partial charge < -0.3 is 9.47 Å². The van der Waals surface area contributed by atoms with Gasteiger partial charge in [-0.1, -0.05) is 48.2 Å². The highest BCUT2D eigenvalue weighted by Gasteiger charge is 2.14. The monoisotopic (exact) mass is 413 g/mol. The highest BCUT2D eigenvalue weighted by molar-refractivity contribution is 7.98. The van der Waals surface area contributed by atoms with Gasteiger partial charge in [0.2, 0.25) is 0 Å². The van der Waals surface area contributed by atoms with E-state index in [4.69, 9.17) is 9.47 Å². The van der Waals surface area contributed by atoms with Crippen LogP contribution < -0.4 is 9.47 Å². The van der Waals surface area contributed by atoms with Gasteiger partial charge in [0.05, 0.1) is 6.10 Å². The molecule has 1 aromatic heterocycles. The van der Waals surface area contributed by atoms with Crippen molar-refractivity contribution in [2.75, 3.05) is 0 Å². The molecule has 3 aromatic rings. The molecule has 0 aliphatic carbocycles.